The Balaban J connectivity index is 2.26. The Morgan fingerprint density at radius 3 is 2.43 bits per heavy atom. The quantitative estimate of drug-likeness (QED) is 0.740. The minimum atomic E-state index is -0.781. The maximum absolute atomic E-state index is 10.9. The molecule has 2 nitrogen and oxygen atoms in total. The summed E-state index contributed by atoms with van der Waals surface area (Å²) in [6, 6.07) is 9.60. The molecule has 0 aromatic heterocycles. The molecular weight excluding hydrogens is 176 g/mol. The largest absolute Gasteiger partial charge is 0.478 e. The van der Waals surface area contributed by atoms with E-state index in [2.05, 4.69) is 0 Å². The number of carboxylic acid groups (broad SMARTS) is 1. The van der Waals surface area contributed by atoms with Crippen LogP contribution in [0.25, 0.3) is 6.08 Å². The second kappa shape index (κ2) is 3.66. The molecule has 1 N–H and O–H groups in total. The molecule has 14 heavy (non-hydrogen) atoms. The van der Waals surface area contributed by atoms with E-state index < -0.39 is 5.97 Å². The zero-order valence-electron chi connectivity index (χ0n) is 7.81. The summed E-state index contributed by atoms with van der Waals surface area (Å²) in [6.45, 7) is 0. The van der Waals surface area contributed by atoms with Gasteiger partial charge in [-0.25, -0.2) is 4.79 Å². The first kappa shape index (κ1) is 9.00. The van der Waals surface area contributed by atoms with E-state index in [4.69, 9.17) is 5.11 Å². The Hall–Kier alpha value is -1.57. The highest BCUT2D eigenvalue weighted by atomic mass is 16.4. The lowest BCUT2D eigenvalue weighted by Gasteiger charge is -1.99. The highest BCUT2D eigenvalue weighted by Gasteiger charge is 2.29. The molecular formula is C12H12O2. The number of hydrogen-bond donors (Lipinski definition) is 1. The third-order valence-corrected chi connectivity index (χ3v) is 2.39. The zero-order valence-corrected chi connectivity index (χ0v) is 7.81. The van der Waals surface area contributed by atoms with Gasteiger partial charge in [0.2, 0.25) is 0 Å². The van der Waals surface area contributed by atoms with E-state index >= 15 is 0 Å². The number of carboxylic acids is 1. The lowest BCUT2D eigenvalue weighted by Crippen LogP contribution is -2.01. The summed E-state index contributed by atoms with van der Waals surface area (Å²) in [5, 5.41) is 8.98. The number of benzene rings is 1. The molecule has 0 amide bonds. The fourth-order valence-corrected chi connectivity index (χ4v) is 1.48. The van der Waals surface area contributed by atoms with Crippen LogP contribution in [-0.4, -0.2) is 11.1 Å². The van der Waals surface area contributed by atoms with Gasteiger partial charge in [0.05, 0.1) is 0 Å². The van der Waals surface area contributed by atoms with Crippen LogP contribution in [0, 0.1) is 5.92 Å². The molecule has 0 spiro atoms. The maximum Gasteiger partial charge on any atom is 0.331 e. The first-order chi connectivity index (χ1) is 6.77. The van der Waals surface area contributed by atoms with Crippen molar-refractivity contribution in [3.63, 3.8) is 0 Å². The molecule has 2 heteroatoms. The molecule has 0 atom stereocenters. The molecule has 0 aliphatic heterocycles. The Morgan fingerprint density at radius 1 is 1.29 bits per heavy atom. The molecule has 1 aliphatic carbocycles. The van der Waals surface area contributed by atoms with Crippen molar-refractivity contribution in [1.29, 1.82) is 0 Å². The summed E-state index contributed by atoms with van der Waals surface area (Å²) < 4.78 is 0. The average Bonchev–Trinajstić information content (AvgIpc) is 2.99. The number of aliphatic carboxylic acids is 1. The normalized spacial score (nSPS) is 16.7. The van der Waals surface area contributed by atoms with Crippen LogP contribution in [0.4, 0.5) is 0 Å². The molecule has 1 fully saturated rings. The van der Waals surface area contributed by atoms with Crippen LogP contribution in [0.1, 0.15) is 18.4 Å². The van der Waals surface area contributed by atoms with Crippen molar-refractivity contribution in [2.45, 2.75) is 12.8 Å². The molecule has 72 valence electrons. The highest BCUT2D eigenvalue weighted by molar-refractivity contribution is 5.93. The molecule has 1 saturated carbocycles. The van der Waals surface area contributed by atoms with Crippen molar-refractivity contribution >= 4 is 12.0 Å². The predicted octanol–water partition coefficient (Wildman–Crippen LogP) is 2.56. The third-order valence-electron chi connectivity index (χ3n) is 2.39. The molecule has 1 aliphatic rings. The second-order valence-electron chi connectivity index (χ2n) is 3.59. The molecule has 1 aromatic rings. The first-order valence-corrected chi connectivity index (χ1v) is 4.77. The van der Waals surface area contributed by atoms with Crippen molar-refractivity contribution in [2.24, 2.45) is 5.92 Å². The van der Waals surface area contributed by atoms with E-state index in [0.29, 0.717) is 5.57 Å². The van der Waals surface area contributed by atoms with E-state index in [-0.39, 0.29) is 5.92 Å². The summed E-state index contributed by atoms with van der Waals surface area (Å²) in [6.07, 6.45) is 3.82. The third kappa shape index (κ3) is 2.02. The van der Waals surface area contributed by atoms with Gasteiger partial charge in [-0.3, -0.25) is 0 Å². The number of hydrogen-bond acceptors (Lipinski definition) is 1. The minimum Gasteiger partial charge on any atom is -0.478 e. The fourth-order valence-electron chi connectivity index (χ4n) is 1.48. The highest BCUT2D eigenvalue weighted by Crippen LogP contribution is 2.37. The second-order valence-corrected chi connectivity index (χ2v) is 3.59. The fraction of sp³-hybridized carbons (Fsp3) is 0.250. The SMILES string of the molecule is O=C(O)C(=Cc1ccccc1)C1CC1. The monoisotopic (exact) mass is 188 g/mol. The van der Waals surface area contributed by atoms with Gasteiger partial charge in [-0.15, -0.1) is 0 Å². The Kier molecular flexibility index (Phi) is 2.35. The topological polar surface area (TPSA) is 37.3 Å². The van der Waals surface area contributed by atoms with Crippen LogP contribution >= 0.6 is 0 Å². The van der Waals surface area contributed by atoms with Gasteiger partial charge in [0.1, 0.15) is 0 Å². The predicted molar refractivity (Wildman–Crippen MR) is 54.8 cm³/mol. The van der Waals surface area contributed by atoms with Gasteiger partial charge in [-0.1, -0.05) is 30.3 Å². The van der Waals surface area contributed by atoms with Crippen LogP contribution in [0.5, 0.6) is 0 Å². The van der Waals surface area contributed by atoms with Gasteiger partial charge in [0.15, 0.2) is 0 Å². The standard InChI is InChI=1S/C12H12O2/c13-12(14)11(10-6-7-10)8-9-4-2-1-3-5-9/h1-5,8,10H,6-7H2,(H,13,14). The van der Waals surface area contributed by atoms with Gasteiger partial charge in [0.25, 0.3) is 0 Å². The van der Waals surface area contributed by atoms with Crippen LogP contribution in [0.2, 0.25) is 0 Å². The van der Waals surface area contributed by atoms with E-state index in [9.17, 15) is 4.79 Å². The lowest BCUT2D eigenvalue weighted by atomic mass is 10.1. The first-order valence-electron chi connectivity index (χ1n) is 4.77. The van der Waals surface area contributed by atoms with E-state index in [1.165, 1.54) is 0 Å². The average molecular weight is 188 g/mol. The van der Waals surface area contributed by atoms with Gasteiger partial charge in [-0.2, -0.15) is 0 Å². The van der Waals surface area contributed by atoms with Crippen molar-refractivity contribution in [1.82, 2.24) is 0 Å². The molecule has 0 heterocycles. The Labute approximate surface area is 82.9 Å². The summed E-state index contributed by atoms with van der Waals surface area (Å²) in [5.74, 6) is -0.496. The van der Waals surface area contributed by atoms with E-state index in [0.717, 1.165) is 18.4 Å². The molecule has 0 bridgehead atoms. The van der Waals surface area contributed by atoms with Crippen molar-refractivity contribution in [3.8, 4) is 0 Å². The van der Waals surface area contributed by atoms with Gasteiger partial charge < -0.3 is 5.11 Å². The maximum atomic E-state index is 10.9. The Bertz CT molecular complexity index is 361. The van der Waals surface area contributed by atoms with Gasteiger partial charge >= 0.3 is 5.97 Å². The van der Waals surface area contributed by atoms with Gasteiger partial charge in [0, 0.05) is 5.57 Å². The van der Waals surface area contributed by atoms with E-state index in [1.54, 1.807) is 6.08 Å². The van der Waals surface area contributed by atoms with Crippen molar-refractivity contribution in [3.05, 3.63) is 41.5 Å². The van der Waals surface area contributed by atoms with E-state index in [1.807, 2.05) is 30.3 Å². The summed E-state index contributed by atoms with van der Waals surface area (Å²) in [7, 11) is 0. The smallest absolute Gasteiger partial charge is 0.331 e. The summed E-state index contributed by atoms with van der Waals surface area (Å²) in [5.41, 5.74) is 1.52. The molecule has 1 aromatic carbocycles. The molecule has 0 radical (unpaired) electrons. The molecule has 0 saturated heterocycles. The summed E-state index contributed by atoms with van der Waals surface area (Å²) >= 11 is 0. The number of rotatable bonds is 3. The van der Waals surface area contributed by atoms with Crippen LogP contribution < -0.4 is 0 Å². The molecule has 2 rings (SSSR count). The zero-order chi connectivity index (χ0) is 9.97. The lowest BCUT2D eigenvalue weighted by molar-refractivity contribution is -0.132. The van der Waals surface area contributed by atoms with Crippen LogP contribution in [0.15, 0.2) is 35.9 Å². The van der Waals surface area contributed by atoms with Gasteiger partial charge in [-0.05, 0) is 30.4 Å². The summed E-state index contributed by atoms with van der Waals surface area (Å²) in [4.78, 5) is 10.9. The van der Waals surface area contributed by atoms with Crippen LogP contribution in [0.3, 0.4) is 0 Å². The Morgan fingerprint density at radius 2 is 1.93 bits per heavy atom. The van der Waals surface area contributed by atoms with Crippen LogP contribution in [-0.2, 0) is 4.79 Å². The van der Waals surface area contributed by atoms with Crippen molar-refractivity contribution in [2.75, 3.05) is 0 Å². The minimum absolute atomic E-state index is 0.285. The van der Waals surface area contributed by atoms with Crippen molar-refractivity contribution < 1.29 is 9.90 Å². The molecule has 0 unspecified atom stereocenters. The number of carbonyl (C=O) groups is 1.